The monoisotopic (exact) mass is 232 g/mol. The maximum atomic E-state index is 6.06. The molecular formula is C15H24N2. The van der Waals surface area contributed by atoms with Crippen molar-refractivity contribution in [3.63, 3.8) is 0 Å². The Bertz CT molecular complexity index is 362. The molecule has 2 heteroatoms. The molecule has 0 spiro atoms. The average molecular weight is 232 g/mol. The summed E-state index contributed by atoms with van der Waals surface area (Å²) in [5.41, 5.74) is 8.89. The van der Waals surface area contributed by atoms with Crippen molar-refractivity contribution in [2.75, 3.05) is 7.05 Å². The fourth-order valence-electron chi connectivity index (χ4n) is 2.79. The van der Waals surface area contributed by atoms with Gasteiger partial charge in [-0.1, -0.05) is 30.7 Å². The Labute approximate surface area is 105 Å². The number of benzene rings is 1. The number of hydrogen-bond acceptors (Lipinski definition) is 2. The Hall–Kier alpha value is -0.860. The molecule has 2 nitrogen and oxygen atoms in total. The molecule has 1 saturated carbocycles. The van der Waals surface area contributed by atoms with E-state index in [4.69, 9.17) is 5.73 Å². The van der Waals surface area contributed by atoms with E-state index in [9.17, 15) is 0 Å². The highest BCUT2D eigenvalue weighted by Crippen LogP contribution is 2.23. The van der Waals surface area contributed by atoms with Gasteiger partial charge < -0.3 is 5.73 Å². The molecule has 0 saturated heterocycles. The lowest BCUT2D eigenvalue weighted by atomic mass is 9.90. The maximum Gasteiger partial charge on any atom is 0.0236 e. The summed E-state index contributed by atoms with van der Waals surface area (Å²) in [4.78, 5) is 2.47. The zero-order chi connectivity index (χ0) is 12.3. The minimum atomic E-state index is 0.410. The van der Waals surface area contributed by atoms with E-state index in [1.807, 2.05) is 0 Å². The minimum absolute atomic E-state index is 0.410. The van der Waals surface area contributed by atoms with Crippen LogP contribution in [0.25, 0.3) is 0 Å². The summed E-state index contributed by atoms with van der Waals surface area (Å²) >= 11 is 0. The Morgan fingerprint density at radius 3 is 2.76 bits per heavy atom. The van der Waals surface area contributed by atoms with Crippen molar-refractivity contribution in [2.24, 2.45) is 5.73 Å². The van der Waals surface area contributed by atoms with Crippen LogP contribution in [0.1, 0.15) is 36.8 Å². The third-order valence-corrected chi connectivity index (χ3v) is 3.99. The predicted octanol–water partition coefficient (Wildman–Crippen LogP) is 2.70. The van der Waals surface area contributed by atoms with Crippen molar-refractivity contribution in [3.05, 3.63) is 35.4 Å². The van der Waals surface area contributed by atoms with E-state index in [1.54, 1.807) is 0 Å². The molecule has 17 heavy (non-hydrogen) atoms. The van der Waals surface area contributed by atoms with Crippen LogP contribution in [0.2, 0.25) is 0 Å². The lowest BCUT2D eigenvalue weighted by Gasteiger charge is -2.34. The van der Waals surface area contributed by atoms with Crippen LogP contribution in [-0.2, 0) is 6.54 Å². The zero-order valence-electron chi connectivity index (χ0n) is 11.0. The van der Waals surface area contributed by atoms with E-state index in [0.29, 0.717) is 12.1 Å². The molecule has 0 radical (unpaired) electrons. The van der Waals surface area contributed by atoms with Crippen molar-refractivity contribution in [3.8, 4) is 0 Å². The Balaban J connectivity index is 1.96. The molecule has 1 aliphatic rings. The Morgan fingerprint density at radius 2 is 2.06 bits per heavy atom. The van der Waals surface area contributed by atoms with Crippen molar-refractivity contribution in [2.45, 2.75) is 51.2 Å². The molecule has 94 valence electrons. The van der Waals surface area contributed by atoms with Crippen LogP contribution in [0.3, 0.4) is 0 Å². The molecule has 0 bridgehead atoms. The van der Waals surface area contributed by atoms with Gasteiger partial charge in [0.05, 0.1) is 0 Å². The number of hydrogen-bond donors (Lipinski definition) is 1. The van der Waals surface area contributed by atoms with Gasteiger partial charge in [0.25, 0.3) is 0 Å². The van der Waals surface area contributed by atoms with Gasteiger partial charge in [-0.25, -0.2) is 0 Å². The van der Waals surface area contributed by atoms with E-state index < -0.39 is 0 Å². The molecular weight excluding hydrogens is 208 g/mol. The predicted molar refractivity (Wildman–Crippen MR) is 72.9 cm³/mol. The summed E-state index contributed by atoms with van der Waals surface area (Å²) in [5.74, 6) is 0. The van der Waals surface area contributed by atoms with E-state index in [2.05, 4.69) is 43.1 Å². The van der Waals surface area contributed by atoms with Gasteiger partial charge in [-0.05, 0) is 44.4 Å². The van der Waals surface area contributed by atoms with Crippen LogP contribution < -0.4 is 5.73 Å². The van der Waals surface area contributed by atoms with E-state index in [0.717, 1.165) is 13.0 Å². The van der Waals surface area contributed by atoms with Gasteiger partial charge in [0.15, 0.2) is 0 Å². The van der Waals surface area contributed by atoms with Gasteiger partial charge in [0, 0.05) is 18.6 Å². The summed E-state index contributed by atoms with van der Waals surface area (Å²) in [6.07, 6.45) is 4.94. The first-order chi connectivity index (χ1) is 8.16. The largest absolute Gasteiger partial charge is 0.328 e. The van der Waals surface area contributed by atoms with Crippen LogP contribution in [0, 0.1) is 6.92 Å². The topological polar surface area (TPSA) is 29.3 Å². The molecule has 0 aromatic heterocycles. The van der Waals surface area contributed by atoms with Crippen LogP contribution in [0.4, 0.5) is 0 Å². The van der Waals surface area contributed by atoms with Crippen LogP contribution in [0.5, 0.6) is 0 Å². The Morgan fingerprint density at radius 1 is 1.29 bits per heavy atom. The van der Waals surface area contributed by atoms with Crippen molar-refractivity contribution < 1.29 is 0 Å². The highest BCUT2D eigenvalue weighted by Gasteiger charge is 2.22. The first-order valence-electron chi connectivity index (χ1n) is 6.67. The molecule has 1 aromatic rings. The molecule has 1 aromatic carbocycles. The molecule has 2 unspecified atom stereocenters. The quantitative estimate of drug-likeness (QED) is 0.868. The van der Waals surface area contributed by atoms with Gasteiger partial charge in [0.2, 0.25) is 0 Å². The summed E-state index contributed by atoms with van der Waals surface area (Å²) < 4.78 is 0. The second-order valence-electron chi connectivity index (χ2n) is 5.42. The summed E-state index contributed by atoms with van der Waals surface area (Å²) in [6.45, 7) is 3.24. The summed E-state index contributed by atoms with van der Waals surface area (Å²) in [6, 6.07) is 9.73. The molecule has 2 atom stereocenters. The normalized spacial score (nSPS) is 25.2. The second-order valence-corrected chi connectivity index (χ2v) is 5.42. The number of rotatable bonds is 3. The maximum absolute atomic E-state index is 6.06. The van der Waals surface area contributed by atoms with Gasteiger partial charge in [-0.15, -0.1) is 0 Å². The van der Waals surface area contributed by atoms with Crippen molar-refractivity contribution >= 4 is 0 Å². The van der Waals surface area contributed by atoms with Crippen molar-refractivity contribution in [1.82, 2.24) is 4.90 Å². The average Bonchev–Trinajstić information content (AvgIpc) is 2.32. The summed E-state index contributed by atoms with van der Waals surface area (Å²) in [5, 5.41) is 0. The van der Waals surface area contributed by atoms with E-state index in [1.165, 1.54) is 30.4 Å². The van der Waals surface area contributed by atoms with Crippen LogP contribution >= 0.6 is 0 Å². The lowest BCUT2D eigenvalue weighted by molar-refractivity contribution is 0.173. The standard InChI is InChI=1S/C15H24N2/c1-12-6-3-4-7-13(12)11-17(2)15-9-5-8-14(16)10-15/h3-4,6-7,14-15H,5,8-11,16H2,1-2H3. The SMILES string of the molecule is Cc1ccccc1CN(C)C1CCCC(N)C1. The molecule has 0 aliphatic heterocycles. The lowest BCUT2D eigenvalue weighted by Crippen LogP contribution is -2.40. The van der Waals surface area contributed by atoms with Gasteiger partial charge >= 0.3 is 0 Å². The number of aryl methyl sites for hydroxylation is 1. The fraction of sp³-hybridized carbons (Fsp3) is 0.600. The van der Waals surface area contributed by atoms with Crippen molar-refractivity contribution in [1.29, 1.82) is 0 Å². The van der Waals surface area contributed by atoms with Crippen LogP contribution in [0.15, 0.2) is 24.3 Å². The highest BCUT2D eigenvalue weighted by atomic mass is 15.1. The van der Waals surface area contributed by atoms with Crippen LogP contribution in [-0.4, -0.2) is 24.0 Å². The van der Waals surface area contributed by atoms with Gasteiger partial charge in [-0.3, -0.25) is 4.90 Å². The molecule has 2 rings (SSSR count). The molecule has 1 aliphatic carbocycles. The molecule has 0 heterocycles. The smallest absolute Gasteiger partial charge is 0.0236 e. The van der Waals surface area contributed by atoms with E-state index in [-0.39, 0.29) is 0 Å². The van der Waals surface area contributed by atoms with E-state index >= 15 is 0 Å². The third kappa shape index (κ3) is 3.30. The third-order valence-electron chi connectivity index (χ3n) is 3.99. The number of nitrogens with two attached hydrogens (primary N) is 1. The Kier molecular flexibility index (Phi) is 4.19. The fourth-order valence-corrected chi connectivity index (χ4v) is 2.79. The zero-order valence-corrected chi connectivity index (χ0v) is 11.0. The first-order valence-corrected chi connectivity index (χ1v) is 6.67. The summed E-state index contributed by atoms with van der Waals surface area (Å²) in [7, 11) is 2.23. The number of nitrogens with zero attached hydrogens (tertiary/aromatic N) is 1. The van der Waals surface area contributed by atoms with Gasteiger partial charge in [0.1, 0.15) is 0 Å². The highest BCUT2D eigenvalue weighted by molar-refractivity contribution is 5.25. The molecule has 1 fully saturated rings. The van der Waals surface area contributed by atoms with Gasteiger partial charge in [-0.2, -0.15) is 0 Å². The first kappa shape index (κ1) is 12.6. The second kappa shape index (κ2) is 5.65. The molecule has 2 N–H and O–H groups in total. The molecule has 0 amide bonds. The minimum Gasteiger partial charge on any atom is -0.328 e.